The monoisotopic (exact) mass is 662 g/mol. The minimum absolute atomic E-state index is 6.11. The average molecular weight is 662 g/mol. The van der Waals surface area contributed by atoms with Crippen molar-refractivity contribution in [3.63, 3.8) is 0 Å². The molecule has 26 heteroatoms. The van der Waals surface area contributed by atoms with Crippen LogP contribution in [0.1, 0.15) is 0 Å². The third kappa shape index (κ3) is 4.99. The van der Waals surface area contributed by atoms with Gasteiger partial charge in [-0.15, -0.1) is 0 Å². The van der Waals surface area contributed by atoms with E-state index in [-0.39, 0.29) is 0 Å². The van der Waals surface area contributed by atoms with E-state index in [1.165, 1.54) is 0 Å². The van der Waals surface area contributed by atoms with Crippen LogP contribution in [0.3, 0.4) is 0 Å². The lowest BCUT2D eigenvalue weighted by atomic mass is 9.81. The van der Waals surface area contributed by atoms with E-state index in [4.69, 9.17) is 0 Å². The quantitative estimate of drug-likeness (QED) is 0.257. The minimum atomic E-state index is -8.64. The van der Waals surface area contributed by atoms with Crippen LogP contribution in [-0.4, -0.2) is 48.9 Å². The Bertz CT molecular complexity index is 841. The molecule has 0 nitrogen and oxygen atoms in total. The summed E-state index contributed by atoms with van der Waals surface area (Å²) < 4.78 is 337. The molecule has 0 aromatic rings. The van der Waals surface area contributed by atoms with E-state index in [1.54, 1.807) is 0 Å². The molecule has 0 saturated heterocycles. The summed E-state index contributed by atoms with van der Waals surface area (Å²) in [5.74, 6) is -41.8. The average Bonchev–Trinajstić information content (AvgIpc) is 2.59. The Labute approximate surface area is 198 Å². The largest absolute Gasteiger partial charge is 0.418 e. The minimum Gasteiger partial charge on any atom is -0.207 e. The van der Waals surface area contributed by atoms with E-state index in [1.807, 2.05) is 0 Å². The lowest BCUT2D eigenvalue weighted by molar-refractivity contribution is -0.419. The topological polar surface area (TPSA) is 0 Å². The van der Waals surface area contributed by atoms with Gasteiger partial charge >= 0.3 is 59.7 Å². The van der Waals surface area contributed by atoms with Crippen molar-refractivity contribution >= 4 is 0 Å². The van der Waals surface area contributed by atoms with Crippen LogP contribution in [0.25, 0.3) is 0 Å². The van der Waals surface area contributed by atoms with E-state index >= 15 is 0 Å². The second-order valence-electron chi connectivity index (χ2n) is 6.89. The molecule has 0 unspecified atom stereocenters. The summed E-state index contributed by atoms with van der Waals surface area (Å²) in [4.78, 5) is 0. The molecule has 0 heterocycles. The third-order valence-electron chi connectivity index (χ3n) is 4.54. The summed E-state index contributed by atoms with van der Waals surface area (Å²) in [7, 11) is 0. The summed E-state index contributed by atoms with van der Waals surface area (Å²) >= 11 is 0. The zero-order valence-corrected chi connectivity index (χ0v) is 16.8. The highest BCUT2D eigenvalue weighted by Crippen LogP contribution is 2.67. The highest BCUT2D eigenvalue weighted by atomic mass is 19.4. The number of alkyl halides is 22. The van der Waals surface area contributed by atoms with Gasteiger partial charge in [0, 0.05) is 0 Å². The van der Waals surface area contributed by atoms with E-state index in [0.29, 0.717) is 0 Å². The lowest BCUT2D eigenvalue weighted by Gasteiger charge is -2.39. The Hall–Kier alpha value is -2.34. The number of rotatable bonds is 5. The van der Waals surface area contributed by atoms with Crippen LogP contribution >= 0.6 is 0 Å². The molecule has 0 bridgehead atoms. The van der Waals surface area contributed by atoms with Crippen LogP contribution in [0.2, 0.25) is 0 Å². The SMILES string of the molecule is FC(=C(F)C(C(F)(F)F)(C(F)(F)F)C(F)(F)F)C(F)(F)C(F)(F)C(F)=C(F)C(C(F)(F)F)(C(F)(F)F)C(F)(F)F. The first kappa shape index (κ1) is 37.7. The molecule has 0 fully saturated rings. The first-order chi connectivity index (χ1) is 16.9. The molecule has 0 radical (unpaired) electrons. The van der Waals surface area contributed by atoms with Gasteiger partial charge in [0.15, 0.2) is 11.7 Å². The second-order valence-corrected chi connectivity index (χ2v) is 6.89. The summed E-state index contributed by atoms with van der Waals surface area (Å²) in [5.41, 5.74) is -17.2. The molecule has 0 atom stereocenters. The van der Waals surface area contributed by atoms with Gasteiger partial charge in [0.25, 0.3) is 0 Å². The highest BCUT2D eigenvalue weighted by Gasteiger charge is 2.89. The van der Waals surface area contributed by atoms with Gasteiger partial charge in [0.1, 0.15) is 0 Å². The first-order valence-electron chi connectivity index (χ1n) is 8.16. The van der Waals surface area contributed by atoms with Gasteiger partial charge in [-0.1, -0.05) is 0 Å². The molecule has 0 amide bonds. The van der Waals surface area contributed by atoms with Gasteiger partial charge in [0.2, 0.25) is 11.7 Å². The Kier molecular flexibility index (Phi) is 9.04. The fourth-order valence-electron chi connectivity index (χ4n) is 2.59. The maximum Gasteiger partial charge on any atom is 0.418 e. The van der Waals surface area contributed by atoms with Crippen molar-refractivity contribution in [1.82, 2.24) is 0 Å². The predicted octanol–water partition coefficient (Wildman–Crippen LogP) is 9.90. The van der Waals surface area contributed by atoms with Gasteiger partial charge in [0.05, 0.1) is 0 Å². The number of halogens is 26. The Morgan fingerprint density at radius 3 is 0.450 bits per heavy atom. The van der Waals surface area contributed by atoms with Crippen molar-refractivity contribution < 1.29 is 114 Å². The lowest BCUT2D eigenvalue weighted by Crippen LogP contribution is -2.61. The first-order valence-corrected chi connectivity index (χ1v) is 8.16. The highest BCUT2D eigenvalue weighted by molar-refractivity contribution is 5.33. The van der Waals surface area contributed by atoms with Crippen molar-refractivity contribution in [2.45, 2.75) is 48.9 Å². The van der Waals surface area contributed by atoms with E-state index in [0.717, 1.165) is 0 Å². The maximum absolute atomic E-state index is 13.7. The number of hydrogen-bond acceptors (Lipinski definition) is 0. The molecule has 0 aliphatic carbocycles. The van der Waals surface area contributed by atoms with Crippen molar-refractivity contribution in [1.29, 1.82) is 0 Å². The summed E-state index contributed by atoms with van der Waals surface area (Å²) in [5, 5.41) is 0. The third-order valence-corrected chi connectivity index (χ3v) is 4.54. The molecule has 0 rings (SSSR count). The van der Waals surface area contributed by atoms with Gasteiger partial charge in [-0.2, -0.15) is 96.6 Å². The number of hydrogen-bond donors (Lipinski definition) is 0. The van der Waals surface area contributed by atoms with Crippen LogP contribution in [0.4, 0.5) is 114 Å². The van der Waals surface area contributed by atoms with Crippen LogP contribution in [0.15, 0.2) is 23.3 Å². The van der Waals surface area contributed by atoms with Gasteiger partial charge < -0.3 is 0 Å². The predicted molar refractivity (Wildman–Crippen MR) is 69.6 cm³/mol. The van der Waals surface area contributed by atoms with E-state index in [2.05, 4.69) is 0 Å². The van der Waals surface area contributed by atoms with Crippen LogP contribution in [-0.2, 0) is 0 Å². The standard InChI is InChI=1S/C14F26/c15-1(5(9(23,24)25,10(26,27)28)11(29,30)31)3(17)7(19,20)8(21,22)4(18)2(16)6(12(32,33)34,13(35,36)37)14(38,39)40. The van der Waals surface area contributed by atoms with Gasteiger partial charge in [-0.3, -0.25) is 0 Å². The molecular weight excluding hydrogens is 662 g/mol. The zero-order valence-electron chi connectivity index (χ0n) is 16.8. The van der Waals surface area contributed by atoms with E-state index in [9.17, 15) is 114 Å². The fraction of sp³-hybridized carbons (Fsp3) is 0.714. The van der Waals surface area contributed by atoms with Crippen molar-refractivity contribution in [2.24, 2.45) is 10.8 Å². The second kappa shape index (κ2) is 9.61. The van der Waals surface area contributed by atoms with Gasteiger partial charge in [-0.25, -0.2) is 17.6 Å². The molecule has 0 spiro atoms. The molecule has 0 aromatic heterocycles. The molecule has 0 aliphatic rings. The zero-order chi connectivity index (χ0) is 33.3. The van der Waals surface area contributed by atoms with Crippen molar-refractivity contribution in [2.75, 3.05) is 0 Å². The maximum atomic E-state index is 13.7. The summed E-state index contributed by atoms with van der Waals surface area (Å²) in [6, 6.07) is 0. The molecule has 238 valence electrons. The van der Waals surface area contributed by atoms with Crippen LogP contribution < -0.4 is 0 Å². The molecule has 0 N–H and O–H groups in total. The Morgan fingerprint density at radius 2 is 0.350 bits per heavy atom. The Morgan fingerprint density at radius 1 is 0.225 bits per heavy atom. The Balaban J connectivity index is 8.10. The smallest absolute Gasteiger partial charge is 0.207 e. The molecule has 40 heavy (non-hydrogen) atoms. The van der Waals surface area contributed by atoms with E-state index < -0.39 is 83.0 Å². The van der Waals surface area contributed by atoms with Crippen LogP contribution in [0, 0.1) is 10.8 Å². The number of allylic oxidation sites excluding steroid dienone is 4. The normalized spacial score (nSPS) is 17.6. The fourth-order valence-corrected chi connectivity index (χ4v) is 2.59. The van der Waals surface area contributed by atoms with Crippen LogP contribution in [0.5, 0.6) is 0 Å². The summed E-state index contributed by atoms with van der Waals surface area (Å²) in [6.45, 7) is 0. The molecule has 0 aliphatic heterocycles. The summed E-state index contributed by atoms with van der Waals surface area (Å²) in [6.07, 6.45) is -50.8. The molecule has 0 aromatic carbocycles. The molecule has 0 saturated carbocycles. The molecular formula is C14F26. The van der Waals surface area contributed by atoms with Crippen molar-refractivity contribution in [3.05, 3.63) is 23.3 Å². The van der Waals surface area contributed by atoms with Crippen molar-refractivity contribution in [3.8, 4) is 0 Å². The van der Waals surface area contributed by atoms with Gasteiger partial charge in [-0.05, 0) is 0 Å².